The highest BCUT2D eigenvalue weighted by molar-refractivity contribution is 5.90. The molecule has 0 heterocycles. The van der Waals surface area contributed by atoms with Crippen molar-refractivity contribution in [3.05, 3.63) is 42.3 Å². The summed E-state index contributed by atoms with van der Waals surface area (Å²) >= 11 is 0. The molecule has 0 fully saturated rings. The maximum atomic E-state index is 11.5. The minimum atomic E-state index is -0.629. The van der Waals surface area contributed by atoms with Gasteiger partial charge in [0.15, 0.2) is 0 Å². The molecule has 0 aliphatic heterocycles. The van der Waals surface area contributed by atoms with Crippen LogP contribution in [0, 0.1) is 6.42 Å². The maximum Gasteiger partial charge on any atom is 0.256 e. The Hall–Kier alpha value is -1.88. The number of hydrazine groups is 1. The Kier molecular flexibility index (Phi) is 5.87. The van der Waals surface area contributed by atoms with Crippen LogP contribution in [0.3, 0.4) is 0 Å². The predicted molar refractivity (Wildman–Crippen MR) is 69.0 cm³/mol. The Morgan fingerprint density at radius 2 is 2.00 bits per heavy atom. The number of carbonyl (C=O) groups is 2. The van der Waals surface area contributed by atoms with Crippen molar-refractivity contribution in [2.45, 2.75) is 25.8 Å². The van der Waals surface area contributed by atoms with Crippen LogP contribution in [-0.2, 0) is 16.0 Å². The van der Waals surface area contributed by atoms with Crippen LogP contribution < -0.4 is 16.6 Å². The number of amides is 2. The van der Waals surface area contributed by atoms with Crippen molar-refractivity contribution in [2.75, 3.05) is 0 Å². The number of carbonyl (C=O) groups excluding carboxylic acids is 2. The van der Waals surface area contributed by atoms with Gasteiger partial charge in [0.1, 0.15) is 6.04 Å². The van der Waals surface area contributed by atoms with Crippen LogP contribution in [0.25, 0.3) is 0 Å². The van der Waals surface area contributed by atoms with Gasteiger partial charge in [-0.3, -0.25) is 15.0 Å². The lowest BCUT2D eigenvalue weighted by molar-refractivity contribution is -0.127. The van der Waals surface area contributed by atoms with E-state index >= 15 is 0 Å². The first-order valence-electron chi connectivity index (χ1n) is 5.81. The summed E-state index contributed by atoms with van der Waals surface area (Å²) in [6.07, 6.45) is 2.96. The first kappa shape index (κ1) is 14.2. The zero-order valence-corrected chi connectivity index (χ0v) is 10.3. The van der Waals surface area contributed by atoms with Gasteiger partial charge in [0, 0.05) is 6.42 Å². The summed E-state index contributed by atoms with van der Waals surface area (Å²) in [5, 5.41) is 2.53. The molecule has 0 spiro atoms. The number of nitrogens with one attached hydrogen (secondary N) is 2. The van der Waals surface area contributed by atoms with Crippen LogP contribution >= 0.6 is 0 Å². The Morgan fingerprint density at radius 3 is 2.61 bits per heavy atom. The summed E-state index contributed by atoms with van der Waals surface area (Å²) in [6.45, 7) is 1.57. The molecular weight excluding hydrogens is 230 g/mol. The molecule has 0 aromatic heterocycles. The molecular formula is C13H18N3O2. The van der Waals surface area contributed by atoms with Gasteiger partial charge in [0.2, 0.25) is 5.91 Å². The van der Waals surface area contributed by atoms with Crippen LogP contribution in [0.2, 0.25) is 0 Å². The molecule has 0 aliphatic rings. The van der Waals surface area contributed by atoms with Crippen molar-refractivity contribution in [2.24, 2.45) is 5.84 Å². The first-order chi connectivity index (χ1) is 8.63. The summed E-state index contributed by atoms with van der Waals surface area (Å²) in [5.74, 6) is 4.28. The van der Waals surface area contributed by atoms with E-state index in [4.69, 9.17) is 5.84 Å². The van der Waals surface area contributed by atoms with Crippen molar-refractivity contribution < 1.29 is 9.59 Å². The number of hydrogen-bond acceptors (Lipinski definition) is 3. The lowest BCUT2D eigenvalue weighted by Gasteiger charge is -2.11. The van der Waals surface area contributed by atoms with Gasteiger partial charge in [-0.1, -0.05) is 30.3 Å². The molecule has 1 aromatic rings. The SMILES string of the molecule is C[C@H](NC(=O)[CH]CCc1ccccc1)C(=O)NN. The highest BCUT2D eigenvalue weighted by atomic mass is 16.2. The maximum absolute atomic E-state index is 11.5. The molecule has 0 bridgehead atoms. The quantitative estimate of drug-likeness (QED) is 0.385. The minimum absolute atomic E-state index is 0.262. The number of benzene rings is 1. The highest BCUT2D eigenvalue weighted by Crippen LogP contribution is 2.03. The van der Waals surface area contributed by atoms with Crippen molar-refractivity contribution >= 4 is 11.8 Å². The van der Waals surface area contributed by atoms with Crippen LogP contribution in [0.1, 0.15) is 18.9 Å². The van der Waals surface area contributed by atoms with E-state index in [-0.39, 0.29) is 5.91 Å². The van der Waals surface area contributed by atoms with Gasteiger partial charge < -0.3 is 5.32 Å². The van der Waals surface area contributed by atoms with Gasteiger partial charge >= 0.3 is 0 Å². The van der Waals surface area contributed by atoms with Gasteiger partial charge in [-0.25, -0.2) is 5.84 Å². The fraction of sp³-hybridized carbons (Fsp3) is 0.308. The van der Waals surface area contributed by atoms with E-state index in [1.165, 1.54) is 12.0 Å². The summed E-state index contributed by atoms with van der Waals surface area (Å²) in [7, 11) is 0. The topological polar surface area (TPSA) is 84.2 Å². The molecule has 5 heteroatoms. The summed E-state index contributed by atoms with van der Waals surface area (Å²) in [5.41, 5.74) is 3.16. The Morgan fingerprint density at radius 1 is 1.33 bits per heavy atom. The molecule has 0 unspecified atom stereocenters. The molecule has 1 rings (SSSR count). The molecule has 18 heavy (non-hydrogen) atoms. The first-order valence-corrected chi connectivity index (χ1v) is 5.81. The average molecular weight is 248 g/mol. The second-order valence-electron chi connectivity index (χ2n) is 3.97. The van der Waals surface area contributed by atoms with E-state index < -0.39 is 11.9 Å². The molecule has 0 saturated carbocycles. The summed E-state index contributed by atoms with van der Waals surface area (Å²) in [4.78, 5) is 22.6. The molecule has 0 saturated heterocycles. The Balaban J connectivity index is 2.23. The predicted octanol–water partition coefficient (Wildman–Crippen LogP) is 0.318. The van der Waals surface area contributed by atoms with Gasteiger partial charge in [-0.05, 0) is 25.3 Å². The van der Waals surface area contributed by atoms with Gasteiger partial charge in [-0.15, -0.1) is 0 Å². The van der Waals surface area contributed by atoms with Crippen molar-refractivity contribution in [1.29, 1.82) is 0 Å². The summed E-state index contributed by atoms with van der Waals surface area (Å²) < 4.78 is 0. The normalized spacial score (nSPS) is 11.7. The molecule has 1 aromatic carbocycles. The zero-order chi connectivity index (χ0) is 13.4. The smallest absolute Gasteiger partial charge is 0.256 e. The Labute approximate surface area is 107 Å². The van der Waals surface area contributed by atoms with Crippen molar-refractivity contribution in [1.82, 2.24) is 10.7 Å². The molecule has 4 N–H and O–H groups in total. The minimum Gasteiger partial charge on any atom is -0.344 e. The zero-order valence-electron chi connectivity index (χ0n) is 10.3. The van der Waals surface area contributed by atoms with Crippen LogP contribution in [0.5, 0.6) is 0 Å². The second kappa shape index (κ2) is 7.45. The Bertz CT molecular complexity index is 392. The molecule has 2 amide bonds. The van der Waals surface area contributed by atoms with E-state index in [0.717, 1.165) is 6.42 Å². The number of nitrogens with two attached hydrogens (primary N) is 1. The van der Waals surface area contributed by atoms with E-state index in [0.29, 0.717) is 6.42 Å². The lowest BCUT2D eigenvalue weighted by atomic mass is 10.1. The van der Waals surface area contributed by atoms with Crippen LogP contribution in [-0.4, -0.2) is 17.9 Å². The number of hydrogen-bond donors (Lipinski definition) is 3. The van der Waals surface area contributed by atoms with Gasteiger partial charge in [0.25, 0.3) is 5.91 Å². The third kappa shape index (κ3) is 4.97. The van der Waals surface area contributed by atoms with E-state index in [1.807, 2.05) is 35.8 Å². The lowest BCUT2D eigenvalue weighted by Crippen LogP contribution is -2.47. The third-order valence-corrected chi connectivity index (χ3v) is 2.50. The fourth-order valence-electron chi connectivity index (χ4n) is 1.48. The van der Waals surface area contributed by atoms with Gasteiger partial charge in [-0.2, -0.15) is 0 Å². The van der Waals surface area contributed by atoms with E-state index in [1.54, 1.807) is 6.92 Å². The molecule has 97 valence electrons. The largest absolute Gasteiger partial charge is 0.344 e. The van der Waals surface area contributed by atoms with E-state index in [9.17, 15) is 9.59 Å². The number of aryl methyl sites for hydroxylation is 1. The molecule has 1 radical (unpaired) electrons. The average Bonchev–Trinajstić information content (AvgIpc) is 2.38. The van der Waals surface area contributed by atoms with Crippen molar-refractivity contribution in [3.63, 3.8) is 0 Å². The second-order valence-corrected chi connectivity index (χ2v) is 3.97. The molecule has 5 nitrogen and oxygen atoms in total. The van der Waals surface area contributed by atoms with Crippen LogP contribution in [0.15, 0.2) is 30.3 Å². The van der Waals surface area contributed by atoms with Crippen LogP contribution in [0.4, 0.5) is 0 Å². The van der Waals surface area contributed by atoms with Gasteiger partial charge in [0.05, 0.1) is 0 Å². The fourth-order valence-corrected chi connectivity index (χ4v) is 1.48. The highest BCUT2D eigenvalue weighted by Gasteiger charge is 2.13. The molecule has 1 atom stereocenters. The number of rotatable bonds is 6. The summed E-state index contributed by atoms with van der Waals surface area (Å²) in [6, 6.07) is 9.27. The monoisotopic (exact) mass is 248 g/mol. The van der Waals surface area contributed by atoms with Crippen molar-refractivity contribution in [3.8, 4) is 0 Å². The van der Waals surface area contributed by atoms with E-state index in [2.05, 4.69) is 5.32 Å². The standard InChI is InChI=1S/C13H18N3O2/c1-10(13(18)16-14)15-12(17)9-5-8-11-6-3-2-4-7-11/h2-4,6-7,9-10H,5,8,14H2,1H3,(H,15,17)(H,16,18)/t10-/m0/s1. The third-order valence-electron chi connectivity index (χ3n) is 2.50. The molecule has 0 aliphatic carbocycles.